The van der Waals surface area contributed by atoms with Crippen molar-refractivity contribution in [3.8, 4) is 67.3 Å². The van der Waals surface area contributed by atoms with Crippen molar-refractivity contribution in [2.45, 2.75) is 0 Å². The van der Waals surface area contributed by atoms with Crippen LogP contribution in [-0.4, -0.2) is 15.0 Å². The van der Waals surface area contributed by atoms with Crippen LogP contribution in [0.3, 0.4) is 0 Å². The predicted octanol–water partition coefficient (Wildman–Crippen LogP) is 13.7. The summed E-state index contributed by atoms with van der Waals surface area (Å²) in [5.41, 5.74) is 13.9. The molecule has 0 atom stereocenters. The third-order valence-corrected chi connectivity index (χ3v) is 10.6. The Morgan fingerprint density at radius 1 is 0.339 bits per heavy atom. The number of hydrogen-bond donors (Lipinski definition) is 0. The maximum Gasteiger partial charge on any atom is 0.160 e. The topological polar surface area (TPSA) is 65.0 Å². The fraction of sp³-hybridized carbons (Fsp3) is 0. The number of para-hydroxylation sites is 4. The Bertz CT molecular complexity index is 3120. The Morgan fingerprint density at radius 3 is 1.50 bits per heavy atom. The molecule has 0 fully saturated rings. The quantitative estimate of drug-likeness (QED) is 0.171. The summed E-state index contributed by atoms with van der Waals surface area (Å²) in [4.78, 5) is 15.1. The van der Waals surface area contributed by atoms with Crippen molar-refractivity contribution in [2.24, 2.45) is 0 Å². The third kappa shape index (κ3) is 5.37. The van der Waals surface area contributed by atoms with Gasteiger partial charge in [0, 0.05) is 67.3 Å². The van der Waals surface area contributed by atoms with Crippen molar-refractivity contribution in [2.75, 3.05) is 0 Å². The first-order chi connectivity index (χ1) is 27.7. The number of nitrogens with zero attached hydrogens (tertiary/aromatic N) is 3. The second-order valence-electron chi connectivity index (χ2n) is 14.0. The van der Waals surface area contributed by atoms with Crippen LogP contribution in [0.15, 0.2) is 197 Å². The van der Waals surface area contributed by atoms with Crippen LogP contribution in [-0.2, 0) is 0 Å². The molecule has 0 saturated heterocycles. The summed E-state index contributed by atoms with van der Waals surface area (Å²) < 4.78 is 13.2. The highest BCUT2D eigenvalue weighted by Crippen LogP contribution is 2.42. The second-order valence-corrected chi connectivity index (χ2v) is 14.0. The molecule has 11 aromatic rings. The van der Waals surface area contributed by atoms with Crippen LogP contribution in [0, 0.1) is 0 Å². The minimum absolute atomic E-state index is 0.610. The van der Waals surface area contributed by atoms with E-state index >= 15 is 0 Å². The highest BCUT2D eigenvalue weighted by molar-refractivity contribution is 6.11. The minimum Gasteiger partial charge on any atom is -0.455 e. The second kappa shape index (κ2) is 13.0. The number of pyridine rings is 1. The summed E-state index contributed by atoms with van der Waals surface area (Å²) in [5.74, 6) is 0.610. The smallest absolute Gasteiger partial charge is 0.160 e. The van der Waals surface area contributed by atoms with Gasteiger partial charge in [-0.15, -0.1) is 0 Å². The van der Waals surface area contributed by atoms with E-state index < -0.39 is 0 Å². The van der Waals surface area contributed by atoms with E-state index in [0.717, 1.165) is 105 Å². The van der Waals surface area contributed by atoms with E-state index in [1.165, 1.54) is 0 Å². The summed E-state index contributed by atoms with van der Waals surface area (Å²) in [5, 5.41) is 4.31. The molecule has 4 aromatic heterocycles. The van der Waals surface area contributed by atoms with Gasteiger partial charge in [-0.1, -0.05) is 133 Å². The largest absolute Gasteiger partial charge is 0.455 e. The Kier molecular flexibility index (Phi) is 7.42. The van der Waals surface area contributed by atoms with Crippen molar-refractivity contribution in [1.29, 1.82) is 0 Å². The van der Waals surface area contributed by atoms with Crippen molar-refractivity contribution in [1.82, 2.24) is 15.0 Å². The molecule has 0 saturated carbocycles. The van der Waals surface area contributed by atoms with E-state index in [-0.39, 0.29) is 0 Å². The van der Waals surface area contributed by atoms with Crippen molar-refractivity contribution >= 4 is 43.9 Å². The maximum absolute atomic E-state index is 6.59. The molecule has 11 rings (SSSR count). The van der Waals surface area contributed by atoms with E-state index in [1.807, 2.05) is 54.7 Å². The Labute approximate surface area is 322 Å². The lowest BCUT2D eigenvalue weighted by Crippen LogP contribution is -1.98. The van der Waals surface area contributed by atoms with Gasteiger partial charge in [0.2, 0.25) is 0 Å². The van der Waals surface area contributed by atoms with Crippen LogP contribution in [0.4, 0.5) is 0 Å². The number of benzene rings is 7. The summed E-state index contributed by atoms with van der Waals surface area (Å²) in [6, 6.07) is 60.5. The van der Waals surface area contributed by atoms with Crippen molar-refractivity contribution in [3.05, 3.63) is 188 Å². The zero-order valence-electron chi connectivity index (χ0n) is 30.1. The molecule has 262 valence electrons. The van der Waals surface area contributed by atoms with Gasteiger partial charge in [-0.3, -0.25) is 4.98 Å². The molecule has 0 bridgehead atoms. The van der Waals surface area contributed by atoms with Crippen LogP contribution < -0.4 is 0 Å². The SMILES string of the molecule is c1ccc(-c2cc(-c3ccccc3-c3cccnc3)nc(-c3cc(-c4cccc5c4oc4ccccc45)cc(-c4cccc5c4oc4ccccc45)c3)n2)cc1. The van der Waals surface area contributed by atoms with E-state index in [1.54, 1.807) is 6.20 Å². The molecule has 0 amide bonds. The molecule has 4 heterocycles. The lowest BCUT2D eigenvalue weighted by molar-refractivity contribution is 0.670. The molecule has 5 nitrogen and oxygen atoms in total. The molecule has 56 heavy (non-hydrogen) atoms. The maximum atomic E-state index is 6.59. The Hall–Kier alpha value is -7.63. The van der Waals surface area contributed by atoms with Gasteiger partial charge in [0.1, 0.15) is 22.3 Å². The summed E-state index contributed by atoms with van der Waals surface area (Å²) in [6.45, 7) is 0. The first-order valence-electron chi connectivity index (χ1n) is 18.7. The van der Waals surface area contributed by atoms with Gasteiger partial charge in [-0.2, -0.15) is 0 Å². The molecule has 7 aromatic carbocycles. The zero-order valence-corrected chi connectivity index (χ0v) is 30.1. The number of aromatic nitrogens is 3. The fourth-order valence-corrected chi connectivity index (χ4v) is 7.97. The lowest BCUT2D eigenvalue weighted by atomic mass is 9.93. The van der Waals surface area contributed by atoms with E-state index in [9.17, 15) is 0 Å². The summed E-state index contributed by atoms with van der Waals surface area (Å²) in [6.07, 6.45) is 3.69. The number of hydrogen-bond acceptors (Lipinski definition) is 5. The third-order valence-electron chi connectivity index (χ3n) is 10.6. The van der Waals surface area contributed by atoms with Gasteiger partial charge in [0.25, 0.3) is 0 Å². The monoisotopic (exact) mass is 717 g/mol. The highest BCUT2D eigenvalue weighted by Gasteiger charge is 2.20. The van der Waals surface area contributed by atoms with E-state index in [4.69, 9.17) is 18.8 Å². The van der Waals surface area contributed by atoms with Crippen molar-refractivity contribution < 1.29 is 8.83 Å². The Balaban J connectivity index is 1.19. The van der Waals surface area contributed by atoms with Crippen LogP contribution in [0.5, 0.6) is 0 Å². The molecule has 0 N–H and O–H groups in total. The number of rotatable bonds is 6. The van der Waals surface area contributed by atoms with E-state index in [0.29, 0.717) is 5.82 Å². The lowest BCUT2D eigenvalue weighted by Gasteiger charge is -2.15. The van der Waals surface area contributed by atoms with Gasteiger partial charge in [0.15, 0.2) is 5.82 Å². The van der Waals surface area contributed by atoms with Crippen LogP contribution in [0.1, 0.15) is 0 Å². The molecular formula is C51H31N3O2. The van der Waals surface area contributed by atoms with Gasteiger partial charge in [-0.25, -0.2) is 9.97 Å². The molecule has 0 unspecified atom stereocenters. The summed E-state index contributed by atoms with van der Waals surface area (Å²) >= 11 is 0. The number of fused-ring (bicyclic) bond motifs is 6. The molecule has 5 heteroatoms. The first-order valence-corrected chi connectivity index (χ1v) is 18.7. The van der Waals surface area contributed by atoms with Crippen LogP contribution in [0.2, 0.25) is 0 Å². The summed E-state index contributed by atoms with van der Waals surface area (Å²) in [7, 11) is 0. The van der Waals surface area contributed by atoms with Crippen molar-refractivity contribution in [3.63, 3.8) is 0 Å². The predicted molar refractivity (Wildman–Crippen MR) is 227 cm³/mol. The highest BCUT2D eigenvalue weighted by atomic mass is 16.3. The minimum atomic E-state index is 0.610. The fourth-order valence-electron chi connectivity index (χ4n) is 7.97. The van der Waals surface area contributed by atoms with Gasteiger partial charge < -0.3 is 8.83 Å². The van der Waals surface area contributed by atoms with Crippen LogP contribution >= 0.6 is 0 Å². The molecule has 0 aliphatic rings. The molecule has 0 aliphatic carbocycles. The normalized spacial score (nSPS) is 11.6. The Morgan fingerprint density at radius 2 is 0.857 bits per heavy atom. The van der Waals surface area contributed by atoms with Gasteiger partial charge in [-0.05, 0) is 59.2 Å². The molecular weight excluding hydrogens is 687 g/mol. The van der Waals surface area contributed by atoms with Crippen LogP contribution in [0.25, 0.3) is 111 Å². The van der Waals surface area contributed by atoms with E-state index in [2.05, 4.69) is 132 Å². The zero-order chi connectivity index (χ0) is 37.0. The van der Waals surface area contributed by atoms with Gasteiger partial charge >= 0.3 is 0 Å². The average Bonchev–Trinajstić information content (AvgIpc) is 3.85. The first kappa shape index (κ1) is 31.9. The molecule has 0 aliphatic heterocycles. The standard InChI is InChI=1S/C51H31N3O2/c1-2-13-32(14-3-1)45-30-46(40-17-5-4-16-37(40)33-15-12-26-52-31-33)54-51(53-45)36-28-34(38-20-10-22-43-41-18-6-8-24-47(41)55-49(38)43)27-35(29-36)39-21-11-23-44-42-19-7-9-25-48(42)56-50(39)44/h1-31H. The number of furan rings is 2. The average molecular weight is 718 g/mol. The van der Waals surface area contributed by atoms with Gasteiger partial charge in [0.05, 0.1) is 11.4 Å². The molecule has 0 radical (unpaired) electrons. The molecule has 0 spiro atoms.